The first-order valence-electron chi connectivity index (χ1n) is 6.65. The zero-order valence-corrected chi connectivity index (χ0v) is 12.7. The van der Waals surface area contributed by atoms with E-state index in [2.05, 4.69) is 5.32 Å². The molecule has 0 atom stereocenters. The molecular formula is C17H19NO3. The first-order valence-corrected chi connectivity index (χ1v) is 6.65. The predicted molar refractivity (Wildman–Crippen MR) is 83.4 cm³/mol. The molecule has 4 nitrogen and oxygen atoms in total. The Morgan fingerprint density at radius 2 is 1.62 bits per heavy atom. The Morgan fingerprint density at radius 1 is 1.00 bits per heavy atom. The molecule has 0 aliphatic rings. The number of hydrogen-bond donors (Lipinski definition) is 1. The molecule has 21 heavy (non-hydrogen) atoms. The van der Waals surface area contributed by atoms with Gasteiger partial charge in [0.05, 0.1) is 14.2 Å². The Kier molecular flexibility index (Phi) is 4.48. The van der Waals surface area contributed by atoms with Crippen LogP contribution in [0.25, 0.3) is 0 Å². The van der Waals surface area contributed by atoms with Gasteiger partial charge in [0.2, 0.25) is 0 Å². The van der Waals surface area contributed by atoms with Crippen LogP contribution in [0.5, 0.6) is 11.5 Å². The molecule has 0 heterocycles. The number of carbonyl (C=O) groups is 1. The van der Waals surface area contributed by atoms with Crippen LogP contribution in [-0.2, 0) is 0 Å². The average Bonchev–Trinajstić information content (AvgIpc) is 2.47. The van der Waals surface area contributed by atoms with E-state index in [1.165, 1.54) is 0 Å². The van der Waals surface area contributed by atoms with Crippen LogP contribution in [-0.4, -0.2) is 20.1 Å². The topological polar surface area (TPSA) is 47.6 Å². The Labute approximate surface area is 124 Å². The van der Waals surface area contributed by atoms with E-state index < -0.39 is 0 Å². The number of rotatable bonds is 4. The van der Waals surface area contributed by atoms with Gasteiger partial charge >= 0.3 is 0 Å². The minimum atomic E-state index is -0.197. The summed E-state index contributed by atoms with van der Waals surface area (Å²) in [5.41, 5.74) is 3.22. The number of ether oxygens (including phenoxy) is 2. The number of amides is 1. The zero-order chi connectivity index (χ0) is 15.4. The van der Waals surface area contributed by atoms with Crippen molar-refractivity contribution in [1.29, 1.82) is 0 Å². The van der Waals surface area contributed by atoms with Gasteiger partial charge in [-0.15, -0.1) is 0 Å². The van der Waals surface area contributed by atoms with Gasteiger partial charge in [0, 0.05) is 16.8 Å². The van der Waals surface area contributed by atoms with E-state index in [0.717, 1.165) is 16.8 Å². The summed E-state index contributed by atoms with van der Waals surface area (Å²) >= 11 is 0. The summed E-state index contributed by atoms with van der Waals surface area (Å²) in [7, 11) is 3.15. The van der Waals surface area contributed by atoms with Gasteiger partial charge in [0.1, 0.15) is 11.5 Å². The lowest BCUT2D eigenvalue weighted by molar-refractivity contribution is 0.102. The molecule has 0 fully saturated rings. The third-order valence-corrected chi connectivity index (χ3v) is 3.29. The maximum Gasteiger partial charge on any atom is 0.255 e. The molecule has 2 aromatic carbocycles. The quantitative estimate of drug-likeness (QED) is 0.934. The van der Waals surface area contributed by atoms with Gasteiger partial charge < -0.3 is 14.8 Å². The van der Waals surface area contributed by atoms with Crippen LogP contribution in [0.4, 0.5) is 5.69 Å². The van der Waals surface area contributed by atoms with Crippen molar-refractivity contribution in [3.63, 3.8) is 0 Å². The summed E-state index contributed by atoms with van der Waals surface area (Å²) in [6, 6.07) is 11.1. The molecule has 0 saturated carbocycles. The number of carbonyl (C=O) groups excluding carboxylic acids is 1. The highest BCUT2D eigenvalue weighted by Crippen LogP contribution is 2.29. The molecular weight excluding hydrogens is 266 g/mol. The van der Waals surface area contributed by atoms with Crippen molar-refractivity contribution < 1.29 is 14.3 Å². The van der Waals surface area contributed by atoms with Gasteiger partial charge in [0.25, 0.3) is 5.91 Å². The molecule has 0 aliphatic heterocycles. The minimum absolute atomic E-state index is 0.197. The van der Waals surface area contributed by atoms with Crippen molar-refractivity contribution >= 4 is 11.6 Å². The molecule has 1 N–H and O–H groups in total. The number of aryl methyl sites for hydroxylation is 1. The van der Waals surface area contributed by atoms with Gasteiger partial charge in [-0.05, 0) is 43.7 Å². The van der Waals surface area contributed by atoms with Crippen LogP contribution < -0.4 is 14.8 Å². The predicted octanol–water partition coefficient (Wildman–Crippen LogP) is 3.57. The summed E-state index contributed by atoms with van der Waals surface area (Å²) < 4.78 is 10.6. The van der Waals surface area contributed by atoms with Crippen molar-refractivity contribution in [3.05, 3.63) is 53.1 Å². The molecule has 0 radical (unpaired) electrons. The van der Waals surface area contributed by atoms with Crippen molar-refractivity contribution in [1.82, 2.24) is 0 Å². The van der Waals surface area contributed by atoms with Crippen molar-refractivity contribution in [2.24, 2.45) is 0 Å². The van der Waals surface area contributed by atoms with Crippen LogP contribution in [0.3, 0.4) is 0 Å². The molecule has 4 heteroatoms. The molecule has 2 rings (SSSR count). The Hall–Kier alpha value is -2.49. The molecule has 2 aromatic rings. The smallest absolute Gasteiger partial charge is 0.255 e. The van der Waals surface area contributed by atoms with E-state index in [1.807, 2.05) is 38.1 Å². The highest BCUT2D eigenvalue weighted by Gasteiger charge is 2.13. The zero-order valence-electron chi connectivity index (χ0n) is 12.7. The van der Waals surface area contributed by atoms with E-state index >= 15 is 0 Å². The van der Waals surface area contributed by atoms with Gasteiger partial charge in [-0.1, -0.05) is 12.1 Å². The fraction of sp³-hybridized carbons (Fsp3) is 0.235. The van der Waals surface area contributed by atoms with Crippen molar-refractivity contribution in [2.45, 2.75) is 13.8 Å². The first kappa shape index (κ1) is 14.9. The average molecular weight is 285 g/mol. The van der Waals surface area contributed by atoms with Crippen LogP contribution >= 0.6 is 0 Å². The molecule has 0 aliphatic carbocycles. The first-order chi connectivity index (χ1) is 10.0. The van der Waals surface area contributed by atoms with Gasteiger partial charge in [-0.2, -0.15) is 0 Å². The standard InChI is InChI=1S/C17H19NO3/c1-11-6-5-7-14(8-11)18-17(19)13-9-15(20-3)12(2)16(10-13)21-4/h5-10H,1-4H3,(H,18,19). The second-order valence-corrected chi connectivity index (χ2v) is 4.83. The summed E-state index contributed by atoms with van der Waals surface area (Å²) in [6.45, 7) is 3.87. The summed E-state index contributed by atoms with van der Waals surface area (Å²) in [6.07, 6.45) is 0. The van der Waals surface area contributed by atoms with E-state index in [4.69, 9.17) is 9.47 Å². The fourth-order valence-corrected chi connectivity index (χ4v) is 2.14. The number of benzene rings is 2. The number of nitrogens with one attached hydrogen (secondary N) is 1. The molecule has 110 valence electrons. The maximum atomic E-state index is 12.4. The molecule has 0 saturated heterocycles. The molecule has 0 aromatic heterocycles. The van der Waals surface area contributed by atoms with Crippen LogP contribution in [0.15, 0.2) is 36.4 Å². The number of hydrogen-bond acceptors (Lipinski definition) is 3. The van der Waals surface area contributed by atoms with E-state index in [-0.39, 0.29) is 5.91 Å². The normalized spacial score (nSPS) is 10.1. The van der Waals surface area contributed by atoms with E-state index in [9.17, 15) is 4.79 Å². The van der Waals surface area contributed by atoms with Crippen molar-refractivity contribution in [3.8, 4) is 11.5 Å². The van der Waals surface area contributed by atoms with Gasteiger partial charge in [-0.3, -0.25) is 4.79 Å². The fourth-order valence-electron chi connectivity index (χ4n) is 2.14. The van der Waals surface area contributed by atoms with E-state index in [0.29, 0.717) is 17.1 Å². The highest BCUT2D eigenvalue weighted by molar-refractivity contribution is 6.05. The SMILES string of the molecule is COc1cc(C(=O)Nc2cccc(C)c2)cc(OC)c1C. The third-order valence-electron chi connectivity index (χ3n) is 3.29. The van der Waals surface area contributed by atoms with Crippen LogP contribution in [0.2, 0.25) is 0 Å². The molecule has 0 bridgehead atoms. The summed E-state index contributed by atoms with van der Waals surface area (Å²) in [4.78, 5) is 12.4. The summed E-state index contributed by atoms with van der Waals surface area (Å²) in [5, 5.41) is 2.87. The van der Waals surface area contributed by atoms with E-state index in [1.54, 1.807) is 26.4 Å². The monoisotopic (exact) mass is 285 g/mol. The maximum absolute atomic E-state index is 12.4. The molecule has 0 spiro atoms. The second-order valence-electron chi connectivity index (χ2n) is 4.83. The lowest BCUT2D eigenvalue weighted by atomic mass is 10.1. The second kappa shape index (κ2) is 6.31. The third kappa shape index (κ3) is 3.34. The molecule has 1 amide bonds. The Bertz CT molecular complexity index is 640. The highest BCUT2D eigenvalue weighted by atomic mass is 16.5. The lowest BCUT2D eigenvalue weighted by Gasteiger charge is -2.13. The van der Waals surface area contributed by atoms with Crippen LogP contribution in [0, 0.1) is 13.8 Å². The van der Waals surface area contributed by atoms with Crippen molar-refractivity contribution in [2.75, 3.05) is 19.5 Å². The van der Waals surface area contributed by atoms with Gasteiger partial charge in [0.15, 0.2) is 0 Å². The minimum Gasteiger partial charge on any atom is -0.496 e. The largest absolute Gasteiger partial charge is 0.496 e. The Morgan fingerprint density at radius 3 is 2.14 bits per heavy atom. The van der Waals surface area contributed by atoms with Crippen LogP contribution in [0.1, 0.15) is 21.5 Å². The van der Waals surface area contributed by atoms with Gasteiger partial charge in [-0.25, -0.2) is 0 Å². The molecule has 0 unspecified atom stereocenters. The summed E-state index contributed by atoms with van der Waals surface area (Å²) in [5.74, 6) is 1.06. The number of anilines is 1. The Balaban J connectivity index is 2.31. The lowest BCUT2D eigenvalue weighted by Crippen LogP contribution is -2.12. The number of methoxy groups -OCH3 is 2.